The van der Waals surface area contributed by atoms with Crippen LogP contribution in [0.3, 0.4) is 0 Å². The average Bonchev–Trinajstić information content (AvgIpc) is 3.00. The van der Waals surface area contributed by atoms with Crippen LogP contribution in [0.2, 0.25) is 0 Å². The molecule has 2 aromatic rings. The van der Waals surface area contributed by atoms with Crippen LogP contribution < -0.4 is 5.73 Å². The molecule has 7 heteroatoms. The molecule has 1 aromatic heterocycles. The number of carbonyl (C=O) groups excluding carboxylic acids is 1. The maximum Gasteiger partial charge on any atom is 0.406 e. The summed E-state index contributed by atoms with van der Waals surface area (Å²) in [5.41, 5.74) is 7.40. The first-order valence-corrected chi connectivity index (χ1v) is 7.47. The first-order chi connectivity index (χ1) is 11.3. The number of hydrogen-bond acceptors (Lipinski definition) is 3. The van der Waals surface area contributed by atoms with E-state index in [-0.39, 0.29) is 18.7 Å². The number of benzene rings is 1. The molecule has 0 spiro atoms. The summed E-state index contributed by atoms with van der Waals surface area (Å²) in [5.74, 6) is -0.369. The predicted molar refractivity (Wildman–Crippen MR) is 83.4 cm³/mol. The van der Waals surface area contributed by atoms with E-state index in [9.17, 15) is 18.0 Å². The maximum absolute atomic E-state index is 12.8. The molecular weight excluding hydrogens is 321 g/mol. The first kappa shape index (κ1) is 18.1. The molecule has 0 aliphatic rings. The fourth-order valence-electron chi connectivity index (χ4n) is 2.27. The van der Waals surface area contributed by atoms with Gasteiger partial charge in [-0.15, -0.1) is 0 Å². The van der Waals surface area contributed by atoms with E-state index in [0.29, 0.717) is 12.2 Å². The zero-order chi connectivity index (χ0) is 17.7. The van der Waals surface area contributed by atoms with Crippen molar-refractivity contribution in [2.45, 2.75) is 26.1 Å². The van der Waals surface area contributed by atoms with Crippen LogP contribution in [0.25, 0.3) is 0 Å². The van der Waals surface area contributed by atoms with Gasteiger partial charge in [0.25, 0.3) is 5.91 Å². The summed E-state index contributed by atoms with van der Waals surface area (Å²) in [6, 6.07) is 8.83. The van der Waals surface area contributed by atoms with Crippen LogP contribution in [0.1, 0.15) is 27.2 Å². The van der Waals surface area contributed by atoms with Gasteiger partial charge in [0.1, 0.15) is 18.6 Å². The number of hydrogen-bond donors (Lipinski definition) is 1. The molecule has 0 bridgehead atoms. The minimum absolute atomic E-state index is 0.0372. The van der Waals surface area contributed by atoms with E-state index in [0.717, 1.165) is 22.3 Å². The Kier molecular flexibility index (Phi) is 5.66. The van der Waals surface area contributed by atoms with Gasteiger partial charge in [0, 0.05) is 6.54 Å². The Morgan fingerprint density at radius 2 is 1.92 bits per heavy atom. The van der Waals surface area contributed by atoms with Crippen molar-refractivity contribution in [2.75, 3.05) is 13.1 Å². The molecule has 2 rings (SSSR count). The standard InChI is InChI=1S/C17H19F3N2O2/c1-12-2-4-13(5-3-12)6-7-22(11-17(18,19)20)16(23)14-8-15(9-21)24-10-14/h2-5,8,10H,6-7,9,11,21H2,1H3. The predicted octanol–water partition coefficient (Wildman–Crippen LogP) is 3.29. The number of rotatable bonds is 6. The molecule has 0 radical (unpaired) electrons. The fraction of sp³-hybridized carbons (Fsp3) is 0.353. The Morgan fingerprint density at radius 1 is 1.25 bits per heavy atom. The molecule has 0 fully saturated rings. The van der Waals surface area contributed by atoms with Crippen molar-refractivity contribution < 1.29 is 22.4 Å². The van der Waals surface area contributed by atoms with Crippen molar-refractivity contribution in [3.63, 3.8) is 0 Å². The van der Waals surface area contributed by atoms with Gasteiger partial charge in [-0.25, -0.2) is 0 Å². The van der Waals surface area contributed by atoms with Crippen LogP contribution in [0.4, 0.5) is 13.2 Å². The average molecular weight is 340 g/mol. The molecular formula is C17H19F3N2O2. The summed E-state index contributed by atoms with van der Waals surface area (Å²) in [4.78, 5) is 13.1. The van der Waals surface area contributed by atoms with Crippen molar-refractivity contribution in [3.8, 4) is 0 Å². The van der Waals surface area contributed by atoms with Crippen LogP contribution in [0.5, 0.6) is 0 Å². The summed E-state index contributed by atoms with van der Waals surface area (Å²) in [6.45, 7) is 0.665. The van der Waals surface area contributed by atoms with Gasteiger partial charge in [0.05, 0.1) is 12.1 Å². The highest BCUT2D eigenvalue weighted by atomic mass is 19.4. The molecule has 1 aromatic carbocycles. The number of amides is 1. The summed E-state index contributed by atoms with van der Waals surface area (Å²) in [7, 11) is 0. The van der Waals surface area contributed by atoms with Crippen LogP contribution >= 0.6 is 0 Å². The summed E-state index contributed by atoms with van der Waals surface area (Å²) in [6.07, 6.45) is -2.99. The highest BCUT2D eigenvalue weighted by Gasteiger charge is 2.33. The monoisotopic (exact) mass is 340 g/mol. The number of furan rings is 1. The Hall–Kier alpha value is -2.28. The largest absolute Gasteiger partial charge is 0.467 e. The minimum Gasteiger partial charge on any atom is -0.467 e. The topological polar surface area (TPSA) is 59.5 Å². The Morgan fingerprint density at radius 3 is 2.46 bits per heavy atom. The SMILES string of the molecule is Cc1ccc(CCN(CC(F)(F)F)C(=O)c2coc(CN)c2)cc1. The highest BCUT2D eigenvalue weighted by molar-refractivity contribution is 5.94. The van der Waals surface area contributed by atoms with Gasteiger partial charge in [-0.05, 0) is 25.0 Å². The molecule has 0 saturated heterocycles. The van der Waals surface area contributed by atoms with Crippen molar-refractivity contribution in [3.05, 3.63) is 59.0 Å². The second kappa shape index (κ2) is 7.53. The van der Waals surface area contributed by atoms with E-state index >= 15 is 0 Å². The van der Waals surface area contributed by atoms with Crippen LogP contribution in [0.15, 0.2) is 41.0 Å². The van der Waals surface area contributed by atoms with Gasteiger partial charge in [-0.2, -0.15) is 13.2 Å². The number of halogens is 3. The van der Waals surface area contributed by atoms with E-state index in [2.05, 4.69) is 0 Å². The van der Waals surface area contributed by atoms with Gasteiger partial charge in [0.15, 0.2) is 0 Å². The number of nitrogens with two attached hydrogens (primary N) is 1. The minimum atomic E-state index is -4.47. The quantitative estimate of drug-likeness (QED) is 0.878. The summed E-state index contributed by atoms with van der Waals surface area (Å²) < 4.78 is 43.4. The number of alkyl halides is 3. The molecule has 0 aliphatic carbocycles. The molecule has 1 amide bonds. The van der Waals surface area contributed by atoms with Gasteiger partial charge in [-0.3, -0.25) is 4.79 Å². The molecule has 0 unspecified atom stereocenters. The third kappa shape index (κ3) is 5.13. The second-order valence-electron chi connectivity index (χ2n) is 5.58. The molecule has 0 aliphatic heterocycles. The van der Waals surface area contributed by atoms with Crippen LogP contribution in [0, 0.1) is 6.92 Å². The normalized spacial score (nSPS) is 11.5. The molecule has 4 nitrogen and oxygen atoms in total. The Labute approximate surface area is 138 Å². The summed E-state index contributed by atoms with van der Waals surface area (Å²) in [5, 5.41) is 0. The molecule has 0 atom stereocenters. The van der Waals surface area contributed by atoms with Crippen LogP contribution in [-0.2, 0) is 13.0 Å². The zero-order valence-corrected chi connectivity index (χ0v) is 13.3. The lowest BCUT2D eigenvalue weighted by Crippen LogP contribution is -2.40. The molecule has 0 saturated carbocycles. The second-order valence-corrected chi connectivity index (χ2v) is 5.58. The lowest BCUT2D eigenvalue weighted by atomic mass is 10.1. The fourth-order valence-corrected chi connectivity index (χ4v) is 2.27. The van der Waals surface area contributed by atoms with Gasteiger partial charge in [0.2, 0.25) is 0 Å². The maximum atomic E-state index is 12.8. The van der Waals surface area contributed by atoms with Crippen molar-refractivity contribution in [1.82, 2.24) is 4.90 Å². The van der Waals surface area contributed by atoms with E-state index in [1.165, 1.54) is 6.07 Å². The third-order valence-electron chi connectivity index (χ3n) is 3.55. The third-order valence-corrected chi connectivity index (χ3v) is 3.55. The first-order valence-electron chi connectivity index (χ1n) is 7.47. The smallest absolute Gasteiger partial charge is 0.406 e. The van der Waals surface area contributed by atoms with E-state index in [4.69, 9.17) is 10.2 Å². The van der Waals surface area contributed by atoms with E-state index in [1.54, 1.807) is 0 Å². The van der Waals surface area contributed by atoms with E-state index in [1.807, 2.05) is 31.2 Å². The van der Waals surface area contributed by atoms with Crippen molar-refractivity contribution >= 4 is 5.91 Å². The molecule has 1 heterocycles. The highest BCUT2D eigenvalue weighted by Crippen LogP contribution is 2.19. The molecule has 130 valence electrons. The van der Waals surface area contributed by atoms with Gasteiger partial charge >= 0.3 is 6.18 Å². The van der Waals surface area contributed by atoms with Gasteiger partial charge in [-0.1, -0.05) is 29.8 Å². The van der Waals surface area contributed by atoms with Crippen molar-refractivity contribution in [2.24, 2.45) is 5.73 Å². The van der Waals surface area contributed by atoms with Crippen LogP contribution in [-0.4, -0.2) is 30.1 Å². The molecule has 24 heavy (non-hydrogen) atoms. The Bertz CT molecular complexity index is 678. The van der Waals surface area contributed by atoms with Crippen molar-refractivity contribution in [1.29, 1.82) is 0 Å². The van der Waals surface area contributed by atoms with Gasteiger partial charge < -0.3 is 15.1 Å². The molecule has 2 N–H and O–H groups in total. The number of nitrogens with zero attached hydrogens (tertiary/aromatic N) is 1. The Balaban J connectivity index is 2.11. The lowest BCUT2D eigenvalue weighted by Gasteiger charge is -2.23. The number of carbonyl (C=O) groups is 1. The zero-order valence-electron chi connectivity index (χ0n) is 13.3. The summed E-state index contributed by atoms with van der Waals surface area (Å²) >= 11 is 0. The van der Waals surface area contributed by atoms with E-state index < -0.39 is 18.6 Å². The lowest BCUT2D eigenvalue weighted by molar-refractivity contribution is -0.140. The number of aryl methyl sites for hydroxylation is 1.